The Balaban J connectivity index is 0.00000176. The first-order valence-corrected chi connectivity index (χ1v) is 7.69. The highest BCUT2D eigenvalue weighted by Crippen LogP contribution is 2.15. The molecule has 120 valence electrons. The summed E-state index contributed by atoms with van der Waals surface area (Å²) in [6.07, 6.45) is 4.68. The summed E-state index contributed by atoms with van der Waals surface area (Å²) in [5.74, 6) is 2.37. The molecule has 22 heavy (non-hydrogen) atoms. The lowest BCUT2D eigenvalue weighted by Crippen LogP contribution is -2.38. The lowest BCUT2D eigenvalue weighted by atomic mass is 10.3. The number of anilines is 1. The molecule has 0 radical (unpaired) electrons. The first kappa shape index (κ1) is 17.0. The zero-order valence-corrected chi connectivity index (χ0v) is 15.3. The van der Waals surface area contributed by atoms with Crippen LogP contribution in [-0.2, 0) is 0 Å². The largest absolute Gasteiger partial charge is 0.508 e. The monoisotopic (exact) mass is 415 g/mol. The number of nitrogens with one attached hydrogen (secondary N) is 1. The van der Waals surface area contributed by atoms with Crippen molar-refractivity contribution in [2.24, 2.45) is 0 Å². The van der Waals surface area contributed by atoms with Crippen LogP contribution in [0.5, 0.6) is 5.75 Å². The molecule has 0 aliphatic carbocycles. The molecular formula is C16H24IN4O+. The molecule has 2 heterocycles. The second-order valence-electron chi connectivity index (χ2n) is 5.74. The maximum Gasteiger partial charge on any atom is 0.401 e. The Hall–Kier alpha value is -1.40. The molecule has 1 aromatic rings. The quantitative estimate of drug-likeness (QED) is 0.243. The number of benzene rings is 1. The van der Waals surface area contributed by atoms with Crippen LogP contribution in [0.1, 0.15) is 25.7 Å². The van der Waals surface area contributed by atoms with Crippen molar-refractivity contribution in [2.45, 2.75) is 25.7 Å². The van der Waals surface area contributed by atoms with Crippen LogP contribution in [0.2, 0.25) is 0 Å². The molecule has 3 rings (SSSR count). The van der Waals surface area contributed by atoms with Crippen molar-refractivity contribution in [3.05, 3.63) is 24.3 Å². The van der Waals surface area contributed by atoms with Crippen LogP contribution in [0.25, 0.3) is 0 Å². The number of likely N-dealkylation sites (tertiary alicyclic amines) is 2. The van der Waals surface area contributed by atoms with Crippen LogP contribution in [-0.4, -0.2) is 53.4 Å². The number of rotatable bonds is 1. The van der Waals surface area contributed by atoms with Crippen LogP contribution in [0, 0.1) is 0 Å². The molecule has 5 nitrogen and oxygen atoms in total. The third-order valence-corrected chi connectivity index (χ3v) is 4.10. The summed E-state index contributed by atoms with van der Waals surface area (Å²) in [6.45, 7) is 3.20. The Bertz CT molecular complexity index is 560. The zero-order chi connectivity index (χ0) is 14.7. The highest BCUT2D eigenvalue weighted by molar-refractivity contribution is 14.0. The minimum absolute atomic E-state index is 0. The maximum absolute atomic E-state index is 9.39. The van der Waals surface area contributed by atoms with Crippen molar-refractivity contribution in [3.8, 4) is 5.75 Å². The van der Waals surface area contributed by atoms with Gasteiger partial charge in [0, 0.05) is 13.5 Å². The number of aromatic hydroxyl groups is 1. The number of nitrogens with zero attached hydrogens (tertiary/aromatic N) is 3. The van der Waals surface area contributed by atoms with E-state index in [1.54, 1.807) is 12.1 Å². The molecule has 2 aliphatic rings. The lowest BCUT2D eigenvalue weighted by molar-refractivity contribution is 0.475. The summed E-state index contributed by atoms with van der Waals surface area (Å²) in [6, 6.07) is 7.14. The number of guanidine groups is 1. The number of halogens is 1. The molecule has 2 aliphatic heterocycles. The third-order valence-electron chi connectivity index (χ3n) is 4.10. The van der Waals surface area contributed by atoms with E-state index in [1.165, 1.54) is 19.3 Å². The molecule has 1 aromatic carbocycles. The highest BCUT2D eigenvalue weighted by atomic mass is 127. The van der Waals surface area contributed by atoms with Gasteiger partial charge in [-0.05, 0) is 43.5 Å². The van der Waals surface area contributed by atoms with Crippen molar-refractivity contribution in [3.63, 3.8) is 0 Å². The summed E-state index contributed by atoms with van der Waals surface area (Å²) in [7, 11) is 2.11. The van der Waals surface area contributed by atoms with Gasteiger partial charge in [0.05, 0.1) is 25.3 Å². The van der Waals surface area contributed by atoms with Gasteiger partial charge in [-0.15, -0.1) is 24.0 Å². The van der Waals surface area contributed by atoms with E-state index in [0.717, 1.165) is 43.5 Å². The smallest absolute Gasteiger partial charge is 0.401 e. The third kappa shape index (κ3) is 4.08. The van der Waals surface area contributed by atoms with Crippen molar-refractivity contribution in [1.82, 2.24) is 14.5 Å². The Morgan fingerprint density at radius 1 is 1.09 bits per heavy atom. The summed E-state index contributed by atoms with van der Waals surface area (Å²) in [4.78, 5) is 4.54. The van der Waals surface area contributed by atoms with Gasteiger partial charge < -0.3 is 10.0 Å². The van der Waals surface area contributed by atoms with Gasteiger partial charge >= 0.3 is 5.96 Å². The van der Waals surface area contributed by atoms with E-state index in [-0.39, 0.29) is 29.7 Å². The van der Waals surface area contributed by atoms with Gasteiger partial charge in [0.2, 0.25) is 0 Å². The van der Waals surface area contributed by atoms with Crippen molar-refractivity contribution < 1.29 is 5.11 Å². The van der Waals surface area contributed by atoms with E-state index in [2.05, 4.69) is 22.2 Å². The van der Waals surface area contributed by atoms with Crippen molar-refractivity contribution >= 4 is 41.5 Å². The lowest BCUT2D eigenvalue weighted by Gasteiger charge is -2.13. The topological polar surface area (TPSA) is 52.8 Å². The molecule has 2 fully saturated rings. The van der Waals surface area contributed by atoms with E-state index in [9.17, 15) is 5.11 Å². The number of hydrogen-bond donors (Lipinski definition) is 2. The molecule has 2 N–H and O–H groups in total. The minimum atomic E-state index is 0. The van der Waals surface area contributed by atoms with Gasteiger partial charge in [-0.1, -0.05) is 0 Å². The first-order chi connectivity index (χ1) is 10.2. The SMILES string of the molecule is CN1CCCC1=[N+]=C(Nc1ccc(O)cc1)N1CCCC1.I. The Labute approximate surface area is 148 Å². The predicted molar refractivity (Wildman–Crippen MR) is 102 cm³/mol. The summed E-state index contributed by atoms with van der Waals surface area (Å²) in [5.41, 5.74) is 0.958. The summed E-state index contributed by atoms with van der Waals surface area (Å²) in [5, 5.41) is 12.8. The van der Waals surface area contributed by atoms with E-state index < -0.39 is 0 Å². The van der Waals surface area contributed by atoms with Gasteiger partial charge in [-0.25, -0.2) is 4.67 Å². The summed E-state index contributed by atoms with van der Waals surface area (Å²) >= 11 is 0. The zero-order valence-electron chi connectivity index (χ0n) is 13.0. The van der Waals surface area contributed by atoms with E-state index in [1.807, 2.05) is 12.1 Å². The number of hydrogen-bond acceptors (Lipinski definition) is 1. The normalized spacial score (nSPS) is 17.2. The Morgan fingerprint density at radius 3 is 2.36 bits per heavy atom. The fraction of sp³-hybridized carbons (Fsp3) is 0.500. The Morgan fingerprint density at radius 2 is 1.77 bits per heavy atom. The number of phenolic OH excluding ortho intramolecular Hbond substituents is 1. The fourth-order valence-corrected chi connectivity index (χ4v) is 2.84. The van der Waals surface area contributed by atoms with Gasteiger partial charge in [0.25, 0.3) is 5.84 Å². The van der Waals surface area contributed by atoms with Gasteiger partial charge in [0.15, 0.2) is 0 Å². The highest BCUT2D eigenvalue weighted by Gasteiger charge is 2.25. The predicted octanol–water partition coefficient (Wildman–Crippen LogP) is 2.07. The van der Waals surface area contributed by atoms with Gasteiger partial charge in [-0.3, -0.25) is 10.2 Å². The molecule has 0 saturated carbocycles. The molecule has 0 atom stereocenters. The van der Waals surface area contributed by atoms with E-state index in [0.29, 0.717) is 0 Å². The molecule has 0 aromatic heterocycles. The number of amidine groups is 1. The number of phenols is 1. The van der Waals surface area contributed by atoms with Crippen LogP contribution in [0.3, 0.4) is 0 Å². The first-order valence-electron chi connectivity index (χ1n) is 7.69. The molecular weight excluding hydrogens is 391 g/mol. The van der Waals surface area contributed by atoms with Crippen LogP contribution in [0.15, 0.2) is 24.3 Å². The van der Waals surface area contributed by atoms with Gasteiger partial charge in [0.1, 0.15) is 5.75 Å². The van der Waals surface area contributed by atoms with Crippen molar-refractivity contribution in [2.75, 3.05) is 32.0 Å². The molecule has 0 unspecified atom stereocenters. The van der Waals surface area contributed by atoms with Crippen molar-refractivity contribution in [1.29, 1.82) is 0 Å². The average molecular weight is 415 g/mol. The summed E-state index contributed by atoms with van der Waals surface area (Å²) < 4.78 is 4.87. The second-order valence-corrected chi connectivity index (χ2v) is 5.74. The van der Waals surface area contributed by atoms with Crippen LogP contribution >= 0.6 is 24.0 Å². The van der Waals surface area contributed by atoms with E-state index in [4.69, 9.17) is 4.67 Å². The van der Waals surface area contributed by atoms with Crippen LogP contribution in [0.4, 0.5) is 5.69 Å². The van der Waals surface area contributed by atoms with Crippen LogP contribution < -0.4 is 9.98 Å². The molecule has 0 amide bonds. The molecule has 0 bridgehead atoms. The Kier molecular flexibility index (Phi) is 5.97. The fourth-order valence-electron chi connectivity index (χ4n) is 2.84. The standard InChI is InChI=1S/C16H22N4O.HI/c1-19-10-4-5-15(19)18-16(20-11-2-3-12-20)17-13-6-8-14(21)9-7-13;/h6-9,21H,2-5,10-12H2,1H3;1H/p+1. The second kappa shape index (κ2) is 7.74. The maximum atomic E-state index is 9.39. The average Bonchev–Trinajstić information content (AvgIpc) is 3.13. The molecule has 0 spiro atoms. The molecule has 2 saturated heterocycles. The van der Waals surface area contributed by atoms with Gasteiger partial charge in [-0.2, -0.15) is 0 Å². The molecule has 6 heteroatoms. The minimum Gasteiger partial charge on any atom is -0.508 e. The van der Waals surface area contributed by atoms with E-state index >= 15 is 0 Å².